The van der Waals surface area contributed by atoms with Gasteiger partial charge in [0.15, 0.2) is 0 Å². The molecule has 0 amide bonds. The molecule has 1 fully saturated rings. The van der Waals surface area contributed by atoms with Gasteiger partial charge in [0.05, 0.1) is 6.04 Å². The van der Waals surface area contributed by atoms with Gasteiger partial charge in [0.1, 0.15) is 11.3 Å². The Kier molecular flexibility index (Phi) is 4.49. The monoisotopic (exact) mass is 336 g/mol. The molecule has 1 aromatic heterocycles. The molecule has 1 saturated heterocycles. The van der Waals surface area contributed by atoms with Gasteiger partial charge in [-0.1, -0.05) is 25.1 Å². The van der Waals surface area contributed by atoms with Crippen LogP contribution in [-0.2, 0) is 10.2 Å². The topological polar surface area (TPSA) is 53.8 Å². The Bertz CT molecular complexity index is 743. The molecular formula is C17H24N2O3S. The molecule has 1 unspecified atom stereocenters. The zero-order valence-electron chi connectivity index (χ0n) is 13.9. The summed E-state index contributed by atoms with van der Waals surface area (Å²) >= 11 is 0. The van der Waals surface area contributed by atoms with E-state index >= 15 is 0 Å². The summed E-state index contributed by atoms with van der Waals surface area (Å²) in [5, 5.41) is 0.993. The van der Waals surface area contributed by atoms with Gasteiger partial charge < -0.3 is 4.42 Å². The fourth-order valence-electron chi connectivity index (χ4n) is 2.99. The highest BCUT2D eigenvalue weighted by Crippen LogP contribution is 2.30. The predicted molar refractivity (Wildman–Crippen MR) is 91.3 cm³/mol. The second-order valence-electron chi connectivity index (χ2n) is 6.47. The largest absolute Gasteiger partial charge is 0.459 e. The summed E-state index contributed by atoms with van der Waals surface area (Å²) in [5.41, 5.74) is 0.784. The number of rotatable bonds is 4. The average molecular weight is 336 g/mol. The summed E-state index contributed by atoms with van der Waals surface area (Å²) in [4.78, 5) is 0. The third kappa shape index (κ3) is 3.16. The van der Waals surface area contributed by atoms with E-state index in [4.69, 9.17) is 4.42 Å². The molecule has 2 aromatic rings. The Morgan fingerprint density at radius 3 is 2.57 bits per heavy atom. The summed E-state index contributed by atoms with van der Waals surface area (Å²) < 4.78 is 34.5. The molecule has 3 rings (SSSR count). The summed E-state index contributed by atoms with van der Waals surface area (Å²) in [5.74, 6) is 1.27. The number of furan rings is 1. The molecule has 126 valence electrons. The molecule has 0 radical (unpaired) electrons. The quantitative estimate of drug-likeness (QED) is 0.860. The maximum absolute atomic E-state index is 12.8. The van der Waals surface area contributed by atoms with Crippen LogP contribution in [0.1, 0.15) is 38.5 Å². The van der Waals surface area contributed by atoms with Crippen molar-refractivity contribution in [3.63, 3.8) is 0 Å². The van der Waals surface area contributed by atoms with Crippen LogP contribution in [-0.4, -0.2) is 37.2 Å². The molecule has 0 N–H and O–H groups in total. The van der Waals surface area contributed by atoms with Crippen molar-refractivity contribution >= 4 is 21.2 Å². The lowest BCUT2D eigenvalue weighted by Gasteiger charge is -2.34. The van der Waals surface area contributed by atoms with Crippen molar-refractivity contribution in [3.05, 3.63) is 36.1 Å². The smallest absolute Gasteiger partial charge is 0.282 e. The number of fused-ring (bicyclic) bond motifs is 1. The Hall–Kier alpha value is -1.37. The van der Waals surface area contributed by atoms with Crippen LogP contribution in [0.25, 0.3) is 11.0 Å². The molecule has 2 heterocycles. The van der Waals surface area contributed by atoms with Crippen molar-refractivity contribution in [2.24, 2.45) is 5.92 Å². The van der Waals surface area contributed by atoms with E-state index in [-0.39, 0.29) is 6.04 Å². The van der Waals surface area contributed by atoms with E-state index in [0.717, 1.165) is 23.8 Å². The van der Waals surface area contributed by atoms with E-state index in [2.05, 4.69) is 6.92 Å². The second kappa shape index (κ2) is 6.26. The van der Waals surface area contributed by atoms with Crippen LogP contribution >= 0.6 is 0 Å². The Labute approximate surface area is 138 Å². The fourth-order valence-corrected chi connectivity index (χ4v) is 4.53. The summed E-state index contributed by atoms with van der Waals surface area (Å²) in [6.45, 7) is 5.23. The van der Waals surface area contributed by atoms with E-state index in [1.807, 2.05) is 37.3 Å². The number of piperidine rings is 1. The first-order valence-corrected chi connectivity index (χ1v) is 9.51. The fraction of sp³-hybridized carbons (Fsp3) is 0.529. The molecule has 1 aromatic carbocycles. The summed E-state index contributed by atoms with van der Waals surface area (Å²) in [6.07, 6.45) is 1.85. The van der Waals surface area contributed by atoms with Crippen molar-refractivity contribution in [1.29, 1.82) is 0 Å². The molecule has 6 heteroatoms. The lowest BCUT2D eigenvalue weighted by molar-refractivity contribution is 0.255. The van der Waals surface area contributed by atoms with E-state index in [1.165, 1.54) is 4.31 Å². The zero-order chi connectivity index (χ0) is 16.6. The van der Waals surface area contributed by atoms with Crippen LogP contribution < -0.4 is 0 Å². The number of benzene rings is 1. The van der Waals surface area contributed by atoms with Crippen molar-refractivity contribution < 1.29 is 12.8 Å². The third-order valence-corrected chi connectivity index (χ3v) is 6.90. The van der Waals surface area contributed by atoms with Gasteiger partial charge in [0.2, 0.25) is 0 Å². The lowest BCUT2D eigenvalue weighted by atomic mass is 10.0. The van der Waals surface area contributed by atoms with Gasteiger partial charge in [-0.15, -0.1) is 0 Å². The Morgan fingerprint density at radius 2 is 1.91 bits per heavy atom. The van der Waals surface area contributed by atoms with Crippen LogP contribution in [0, 0.1) is 5.92 Å². The van der Waals surface area contributed by atoms with Crippen LogP contribution in [0.4, 0.5) is 0 Å². The first kappa shape index (κ1) is 16.5. The minimum absolute atomic E-state index is 0.341. The Balaban J connectivity index is 1.81. The second-order valence-corrected chi connectivity index (χ2v) is 8.46. The highest BCUT2D eigenvalue weighted by atomic mass is 32.2. The number of para-hydroxylation sites is 1. The highest BCUT2D eigenvalue weighted by molar-refractivity contribution is 7.86. The summed E-state index contributed by atoms with van der Waals surface area (Å²) in [6, 6.07) is 9.30. The molecule has 0 saturated carbocycles. The minimum Gasteiger partial charge on any atom is -0.459 e. The standard InChI is InChI=1S/C17H24N2O3S/c1-13-8-10-19(11-9-13)23(20,21)18(3)14(2)17-12-15-6-4-5-7-16(15)22-17/h4-7,12-14H,8-11H2,1-3H3. The van der Waals surface area contributed by atoms with Crippen molar-refractivity contribution in [2.45, 2.75) is 32.7 Å². The number of hydrogen-bond donors (Lipinski definition) is 0. The van der Waals surface area contributed by atoms with Gasteiger partial charge >= 0.3 is 0 Å². The first-order valence-electron chi connectivity index (χ1n) is 8.11. The van der Waals surface area contributed by atoms with Gasteiger partial charge in [-0.05, 0) is 37.8 Å². The van der Waals surface area contributed by atoms with Crippen LogP contribution in [0.2, 0.25) is 0 Å². The molecular weight excluding hydrogens is 312 g/mol. The van der Waals surface area contributed by atoms with Crippen molar-refractivity contribution in [3.8, 4) is 0 Å². The maximum Gasteiger partial charge on any atom is 0.282 e. The van der Waals surface area contributed by atoms with Gasteiger partial charge in [-0.25, -0.2) is 0 Å². The van der Waals surface area contributed by atoms with Gasteiger partial charge in [0.25, 0.3) is 10.2 Å². The molecule has 1 atom stereocenters. The third-order valence-electron chi connectivity index (χ3n) is 4.83. The van der Waals surface area contributed by atoms with E-state index in [9.17, 15) is 8.42 Å². The number of nitrogens with zero attached hydrogens (tertiary/aromatic N) is 2. The van der Waals surface area contributed by atoms with Gasteiger partial charge in [-0.3, -0.25) is 0 Å². The zero-order valence-corrected chi connectivity index (χ0v) is 14.7. The average Bonchev–Trinajstić information content (AvgIpc) is 2.98. The van der Waals surface area contributed by atoms with Gasteiger partial charge in [0, 0.05) is 25.5 Å². The minimum atomic E-state index is -3.46. The van der Waals surface area contributed by atoms with Crippen molar-refractivity contribution in [1.82, 2.24) is 8.61 Å². The maximum atomic E-state index is 12.8. The molecule has 0 bridgehead atoms. The van der Waals surface area contributed by atoms with E-state index in [1.54, 1.807) is 11.4 Å². The van der Waals surface area contributed by atoms with Crippen LogP contribution in [0.5, 0.6) is 0 Å². The summed E-state index contributed by atoms with van der Waals surface area (Å²) in [7, 11) is -1.83. The SMILES string of the molecule is CC1CCN(S(=O)(=O)N(C)C(C)c2cc3ccccc3o2)CC1. The number of hydrogen-bond acceptors (Lipinski definition) is 3. The van der Waals surface area contributed by atoms with E-state index in [0.29, 0.717) is 24.8 Å². The van der Waals surface area contributed by atoms with Gasteiger partial charge in [-0.2, -0.15) is 17.0 Å². The van der Waals surface area contributed by atoms with E-state index < -0.39 is 10.2 Å². The molecule has 23 heavy (non-hydrogen) atoms. The van der Waals surface area contributed by atoms with Crippen LogP contribution in [0.15, 0.2) is 34.7 Å². The molecule has 0 aliphatic carbocycles. The molecule has 1 aliphatic heterocycles. The molecule has 0 spiro atoms. The predicted octanol–water partition coefficient (Wildman–Crippen LogP) is 3.40. The van der Waals surface area contributed by atoms with Crippen molar-refractivity contribution in [2.75, 3.05) is 20.1 Å². The molecule has 1 aliphatic rings. The Morgan fingerprint density at radius 1 is 1.26 bits per heavy atom. The first-order chi connectivity index (χ1) is 10.9. The van der Waals surface area contributed by atoms with Crippen LogP contribution in [0.3, 0.4) is 0 Å². The normalized spacial score (nSPS) is 19.5. The highest BCUT2D eigenvalue weighted by Gasteiger charge is 2.33. The lowest BCUT2D eigenvalue weighted by Crippen LogP contribution is -2.46. The molecule has 5 nitrogen and oxygen atoms in total.